The number of nitrogens with one attached hydrogen (secondary N) is 1. The second-order valence-corrected chi connectivity index (χ2v) is 5.86. The summed E-state index contributed by atoms with van der Waals surface area (Å²) in [5, 5.41) is 2.92. The molecule has 2 aromatic rings. The summed E-state index contributed by atoms with van der Waals surface area (Å²) in [6, 6.07) is 3.13. The number of rotatable bonds is 4. The fourth-order valence-corrected chi connectivity index (χ4v) is 3.14. The minimum Gasteiger partial charge on any atom is -0.469 e. The number of oxazole rings is 1. The molecule has 0 radical (unpaired) electrons. The van der Waals surface area contributed by atoms with Gasteiger partial charge in [0, 0.05) is 6.04 Å². The molecule has 7 nitrogen and oxygen atoms in total. The van der Waals surface area contributed by atoms with Crippen LogP contribution in [0.1, 0.15) is 42.6 Å². The van der Waals surface area contributed by atoms with E-state index in [0.717, 1.165) is 25.7 Å². The summed E-state index contributed by atoms with van der Waals surface area (Å²) in [5.41, 5.74) is 0.151. The molecule has 24 heavy (non-hydrogen) atoms. The van der Waals surface area contributed by atoms with Crippen LogP contribution >= 0.6 is 0 Å². The zero-order valence-corrected chi connectivity index (χ0v) is 13.5. The minimum atomic E-state index is -0.379. The van der Waals surface area contributed by atoms with Crippen LogP contribution in [0.25, 0.3) is 11.5 Å². The lowest BCUT2D eigenvalue weighted by Gasteiger charge is -2.23. The van der Waals surface area contributed by atoms with Crippen LogP contribution in [0.5, 0.6) is 0 Å². The molecule has 3 rings (SSSR count). The molecule has 0 spiro atoms. The smallest absolute Gasteiger partial charge is 0.310 e. The zero-order chi connectivity index (χ0) is 16.9. The number of furan rings is 1. The largest absolute Gasteiger partial charge is 0.469 e. The molecule has 1 aliphatic carbocycles. The number of carbonyl (C=O) groups excluding carboxylic acids is 2. The second-order valence-electron chi connectivity index (χ2n) is 5.86. The molecule has 2 heterocycles. The van der Waals surface area contributed by atoms with Gasteiger partial charge in [0.1, 0.15) is 0 Å². The number of methoxy groups -OCH3 is 1. The summed E-state index contributed by atoms with van der Waals surface area (Å²) in [4.78, 5) is 28.7. The van der Waals surface area contributed by atoms with Crippen molar-refractivity contribution in [3.05, 3.63) is 30.5 Å². The number of aromatic nitrogens is 1. The van der Waals surface area contributed by atoms with Gasteiger partial charge in [-0.1, -0.05) is 19.3 Å². The summed E-state index contributed by atoms with van der Waals surface area (Å²) in [6.45, 7) is 0. The fraction of sp³-hybridized carbons (Fsp3) is 0.471. The number of hydrogen-bond acceptors (Lipinski definition) is 6. The van der Waals surface area contributed by atoms with Crippen LogP contribution in [0, 0.1) is 5.92 Å². The van der Waals surface area contributed by atoms with Crippen molar-refractivity contribution in [2.24, 2.45) is 5.92 Å². The Morgan fingerprint density at radius 1 is 1.25 bits per heavy atom. The summed E-state index contributed by atoms with van der Waals surface area (Å²) >= 11 is 0. The summed E-state index contributed by atoms with van der Waals surface area (Å²) < 4.78 is 15.4. The molecule has 1 amide bonds. The van der Waals surface area contributed by atoms with E-state index in [-0.39, 0.29) is 35.3 Å². The lowest BCUT2D eigenvalue weighted by Crippen LogP contribution is -2.43. The maximum absolute atomic E-state index is 12.6. The Labute approximate surface area is 139 Å². The molecular formula is C17H20N2O5. The molecule has 7 heteroatoms. The molecule has 2 atom stereocenters. The van der Waals surface area contributed by atoms with Crippen LogP contribution in [0.4, 0.5) is 0 Å². The average molecular weight is 332 g/mol. The van der Waals surface area contributed by atoms with Crippen LogP contribution < -0.4 is 5.32 Å². The lowest BCUT2D eigenvalue weighted by atomic mass is 9.94. The number of carbonyl (C=O) groups is 2. The van der Waals surface area contributed by atoms with E-state index in [9.17, 15) is 9.59 Å². The average Bonchev–Trinajstić information content (AvgIpc) is 3.23. The van der Waals surface area contributed by atoms with Gasteiger partial charge >= 0.3 is 5.97 Å². The molecule has 1 saturated carbocycles. The van der Waals surface area contributed by atoms with E-state index >= 15 is 0 Å². The van der Waals surface area contributed by atoms with Gasteiger partial charge in [0.2, 0.25) is 5.76 Å². The van der Waals surface area contributed by atoms with Crippen LogP contribution in [0.3, 0.4) is 0 Å². The Balaban J connectivity index is 1.78. The first kappa shape index (κ1) is 16.3. The third-order valence-electron chi connectivity index (χ3n) is 4.36. The predicted octanol–water partition coefficient (Wildman–Crippen LogP) is 2.79. The highest BCUT2D eigenvalue weighted by Gasteiger charge is 2.33. The molecule has 1 aliphatic rings. The first-order chi connectivity index (χ1) is 11.7. The SMILES string of the molecule is COC(=O)[C@H]1CCCCC[C@@H]1NC(=O)c1ncoc1-c1ccco1. The molecule has 2 aromatic heterocycles. The number of ether oxygens (including phenoxy) is 1. The van der Waals surface area contributed by atoms with E-state index in [2.05, 4.69) is 10.3 Å². The maximum Gasteiger partial charge on any atom is 0.310 e. The van der Waals surface area contributed by atoms with Gasteiger partial charge in [0.05, 0.1) is 19.3 Å². The van der Waals surface area contributed by atoms with Crippen LogP contribution in [0.15, 0.2) is 33.6 Å². The first-order valence-electron chi connectivity index (χ1n) is 8.06. The monoisotopic (exact) mass is 332 g/mol. The fourth-order valence-electron chi connectivity index (χ4n) is 3.14. The standard InChI is InChI=1S/C17H20N2O5/c1-22-17(21)11-6-3-2-4-7-12(11)19-16(20)14-15(24-10-18-14)13-8-5-9-23-13/h5,8-12H,2-4,6-7H2,1H3,(H,19,20)/t11-,12-/m0/s1. The minimum absolute atomic E-state index is 0.151. The summed E-state index contributed by atoms with van der Waals surface area (Å²) in [6.07, 6.45) is 7.11. The van der Waals surface area contributed by atoms with Crippen molar-refractivity contribution >= 4 is 11.9 Å². The molecular weight excluding hydrogens is 312 g/mol. The summed E-state index contributed by atoms with van der Waals surface area (Å²) in [7, 11) is 1.37. The normalized spacial score (nSPS) is 21.0. The Morgan fingerprint density at radius 3 is 2.83 bits per heavy atom. The number of esters is 1. The van der Waals surface area contributed by atoms with E-state index < -0.39 is 0 Å². The van der Waals surface area contributed by atoms with Gasteiger partial charge in [0.15, 0.2) is 17.8 Å². The quantitative estimate of drug-likeness (QED) is 0.683. The highest BCUT2D eigenvalue weighted by molar-refractivity contribution is 5.97. The number of hydrogen-bond donors (Lipinski definition) is 1. The molecule has 0 unspecified atom stereocenters. The van der Waals surface area contributed by atoms with E-state index in [4.69, 9.17) is 13.6 Å². The molecule has 1 fully saturated rings. The van der Waals surface area contributed by atoms with Gasteiger partial charge in [0.25, 0.3) is 5.91 Å². The van der Waals surface area contributed by atoms with Gasteiger partial charge < -0.3 is 18.9 Å². The predicted molar refractivity (Wildman–Crippen MR) is 84.1 cm³/mol. The topological polar surface area (TPSA) is 94.6 Å². The Morgan fingerprint density at radius 2 is 2.08 bits per heavy atom. The summed E-state index contributed by atoms with van der Waals surface area (Å²) in [5.74, 6) is -0.284. The van der Waals surface area contributed by atoms with Crippen LogP contribution in [0.2, 0.25) is 0 Å². The van der Waals surface area contributed by atoms with Crippen molar-refractivity contribution in [2.45, 2.75) is 38.1 Å². The third kappa shape index (κ3) is 3.34. The second kappa shape index (κ2) is 7.33. The van der Waals surface area contributed by atoms with E-state index in [0.29, 0.717) is 12.2 Å². The molecule has 0 aromatic carbocycles. The van der Waals surface area contributed by atoms with Crippen molar-refractivity contribution in [1.29, 1.82) is 0 Å². The molecule has 0 bridgehead atoms. The lowest BCUT2D eigenvalue weighted by molar-refractivity contribution is -0.146. The first-order valence-corrected chi connectivity index (χ1v) is 8.06. The zero-order valence-electron chi connectivity index (χ0n) is 13.5. The van der Waals surface area contributed by atoms with Crippen molar-refractivity contribution < 1.29 is 23.2 Å². The molecule has 1 N–H and O–H groups in total. The van der Waals surface area contributed by atoms with Gasteiger partial charge in [-0.15, -0.1) is 0 Å². The third-order valence-corrected chi connectivity index (χ3v) is 4.36. The molecule has 128 valence electrons. The van der Waals surface area contributed by atoms with Crippen molar-refractivity contribution in [3.63, 3.8) is 0 Å². The maximum atomic E-state index is 12.6. The molecule has 0 aliphatic heterocycles. The van der Waals surface area contributed by atoms with Crippen molar-refractivity contribution in [1.82, 2.24) is 10.3 Å². The Kier molecular flexibility index (Phi) is 4.98. The van der Waals surface area contributed by atoms with Gasteiger partial charge in [-0.05, 0) is 25.0 Å². The highest BCUT2D eigenvalue weighted by Crippen LogP contribution is 2.27. The number of amides is 1. The van der Waals surface area contributed by atoms with E-state index in [1.54, 1.807) is 12.1 Å². The van der Waals surface area contributed by atoms with E-state index in [1.165, 1.54) is 19.8 Å². The van der Waals surface area contributed by atoms with Crippen molar-refractivity contribution in [3.8, 4) is 11.5 Å². The van der Waals surface area contributed by atoms with Gasteiger partial charge in [-0.3, -0.25) is 9.59 Å². The highest BCUT2D eigenvalue weighted by atomic mass is 16.5. The molecule has 0 saturated heterocycles. The van der Waals surface area contributed by atoms with Crippen LogP contribution in [-0.2, 0) is 9.53 Å². The number of nitrogens with zero attached hydrogens (tertiary/aromatic N) is 1. The van der Waals surface area contributed by atoms with Gasteiger partial charge in [-0.2, -0.15) is 0 Å². The van der Waals surface area contributed by atoms with Crippen molar-refractivity contribution in [2.75, 3.05) is 7.11 Å². The van der Waals surface area contributed by atoms with Gasteiger partial charge in [-0.25, -0.2) is 4.98 Å². The van der Waals surface area contributed by atoms with E-state index in [1.807, 2.05) is 0 Å². The van der Waals surface area contributed by atoms with Crippen LogP contribution in [-0.4, -0.2) is 30.0 Å². The Bertz CT molecular complexity index is 692. The Hall–Kier alpha value is -2.57.